The van der Waals surface area contributed by atoms with Crippen LogP contribution < -0.4 is 9.47 Å². The summed E-state index contributed by atoms with van der Waals surface area (Å²) in [6.07, 6.45) is 5.77. The summed E-state index contributed by atoms with van der Waals surface area (Å²) in [6, 6.07) is 9.73. The number of hydrogen-bond donors (Lipinski definition) is 0. The van der Waals surface area contributed by atoms with Gasteiger partial charge < -0.3 is 28.6 Å². The predicted octanol–water partition coefficient (Wildman–Crippen LogP) is 15.0. The van der Waals surface area contributed by atoms with E-state index in [-0.39, 0.29) is 75.2 Å². The van der Waals surface area contributed by atoms with Gasteiger partial charge in [-0.1, -0.05) is 23.2 Å². The van der Waals surface area contributed by atoms with E-state index in [9.17, 15) is 35.9 Å². The standard InChI is InChI=1S/C24H20BrClF3N5O2S2.C21H23BrClF3N2O3S2/c1-36-20-15(25)9-14(10-17(20)38-24(27,28)29)19-21(26)37-23(32-19)13-4-7-33(8-5-13)18(35)11-34-12-31-16-3-2-6-30-22(16)34;1-20(2,3)31-19(29)28-7-5-11(6-8-28)18-27-15(17(23)32-18)12-9-13(22)16(30-4)14(10-12)33-21(24,25)26/h2-3,6,9-10,12-13H,4-5,7-8,11H2,1H3;9-11H,5-8H2,1-4H3. The fourth-order valence-electron chi connectivity index (χ4n) is 7.82. The van der Waals surface area contributed by atoms with Gasteiger partial charge in [0.2, 0.25) is 5.91 Å². The minimum absolute atomic E-state index is 0.0101. The number of fused-ring (bicyclic) bond motifs is 1. The van der Waals surface area contributed by atoms with Gasteiger partial charge in [0.15, 0.2) is 5.65 Å². The number of benzene rings is 2. The van der Waals surface area contributed by atoms with Gasteiger partial charge in [-0.3, -0.25) is 4.79 Å². The summed E-state index contributed by atoms with van der Waals surface area (Å²) in [5.41, 5.74) is -6.30. The van der Waals surface area contributed by atoms with Gasteiger partial charge in [0.1, 0.15) is 49.2 Å². The zero-order valence-corrected chi connectivity index (χ0v) is 46.2. The first-order chi connectivity index (χ1) is 33.4. The molecule has 2 aliphatic rings. The summed E-state index contributed by atoms with van der Waals surface area (Å²) in [7, 11) is 2.64. The molecule has 4 aromatic heterocycles. The molecule has 2 saturated heterocycles. The summed E-state index contributed by atoms with van der Waals surface area (Å²) in [4.78, 5) is 46.5. The fraction of sp³-hybridized carbons (Fsp3) is 0.422. The van der Waals surface area contributed by atoms with E-state index < -0.39 is 16.6 Å². The number of likely N-dealkylation sites (tertiary alicyclic amines) is 2. The second-order valence-corrected chi connectivity index (χ2v) is 24.2. The van der Waals surface area contributed by atoms with Crippen LogP contribution in [0.1, 0.15) is 68.3 Å². The molecule has 0 saturated carbocycles. The summed E-state index contributed by atoms with van der Waals surface area (Å²) in [6.45, 7) is 7.84. The van der Waals surface area contributed by atoms with Gasteiger partial charge in [-0.2, -0.15) is 26.3 Å². The maximum Gasteiger partial charge on any atom is 0.446 e. The van der Waals surface area contributed by atoms with E-state index in [2.05, 4.69) is 46.8 Å². The lowest BCUT2D eigenvalue weighted by Crippen LogP contribution is -2.41. The number of nitrogens with zero attached hydrogens (tertiary/aromatic N) is 7. The molecule has 8 rings (SSSR count). The zero-order chi connectivity index (χ0) is 51.6. The van der Waals surface area contributed by atoms with Crippen LogP contribution in [0.2, 0.25) is 8.67 Å². The molecule has 0 atom stereocenters. The quantitative estimate of drug-likeness (QED) is 0.0961. The lowest BCUT2D eigenvalue weighted by Gasteiger charge is -2.32. The second kappa shape index (κ2) is 22.9. The van der Waals surface area contributed by atoms with E-state index in [4.69, 9.17) is 42.4 Å². The number of aromatic nitrogens is 5. The highest BCUT2D eigenvalue weighted by atomic mass is 79.9. The van der Waals surface area contributed by atoms with Crippen LogP contribution in [0, 0.1) is 0 Å². The Morgan fingerprint density at radius 1 is 0.746 bits per heavy atom. The molecule has 0 aliphatic carbocycles. The van der Waals surface area contributed by atoms with Crippen molar-refractivity contribution in [2.75, 3.05) is 40.4 Å². The molecule has 6 heterocycles. The molecule has 0 bridgehead atoms. The van der Waals surface area contributed by atoms with Crippen molar-refractivity contribution < 1.29 is 50.1 Å². The summed E-state index contributed by atoms with van der Waals surface area (Å²) >= 11 is 21.7. The molecule has 6 aromatic rings. The number of hydrogen-bond acceptors (Lipinski definition) is 13. The van der Waals surface area contributed by atoms with E-state index >= 15 is 0 Å². The van der Waals surface area contributed by atoms with Gasteiger partial charge in [-0.15, -0.1) is 22.7 Å². The maximum atomic E-state index is 13.1. The van der Waals surface area contributed by atoms with Crippen molar-refractivity contribution in [2.45, 2.75) is 91.2 Å². The molecule has 71 heavy (non-hydrogen) atoms. The number of halogens is 10. The lowest BCUT2D eigenvalue weighted by molar-refractivity contribution is -0.132. The SMILES string of the molecule is COc1c(Br)cc(-c2nc(C3CCN(C(=O)Cn4cnc5cccnc54)CC3)sc2Cl)cc1SC(F)(F)F.COc1c(Br)cc(-c2nc(C3CCN(C(=O)OC(C)(C)C)CC3)sc2Cl)cc1SC(F)(F)F. The number of carbonyl (C=O) groups excluding carboxylic acids is 2. The monoisotopic (exact) mass is 1230 g/mol. The van der Waals surface area contributed by atoms with Crippen LogP contribution in [0.3, 0.4) is 0 Å². The van der Waals surface area contributed by atoms with Gasteiger partial charge in [0.25, 0.3) is 0 Å². The number of alkyl halides is 6. The Hall–Kier alpha value is -3.52. The minimum Gasteiger partial charge on any atom is -0.494 e. The number of rotatable bonds is 10. The highest BCUT2D eigenvalue weighted by Gasteiger charge is 2.35. The third-order valence-corrected chi connectivity index (χ3v) is 16.5. The topological polar surface area (TPSA) is 125 Å². The fourth-order valence-corrected chi connectivity index (χ4v) is 13.5. The predicted molar refractivity (Wildman–Crippen MR) is 273 cm³/mol. The molecular weight excluding hydrogens is 1190 g/mol. The third kappa shape index (κ3) is 14.2. The van der Waals surface area contributed by atoms with Crippen molar-refractivity contribution in [3.63, 3.8) is 0 Å². The first-order valence-electron chi connectivity index (χ1n) is 21.5. The molecule has 26 heteroatoms. The number of piperidine rings is 2. The number of amides is 2. The van der Waals surface area contributed by atoms with Crippen LogP contribution in [0.5, 0.6) is 11.5 Å². The van der Waals surface area contributed by atoms with Crippen molar-refractivity contribution in [3.8, 4) is 34.0 Å². The first-order valence-corrected chi connectivity index (χ1v) is 27.1. The Labute approximate surface area is 447 Å². The van der Waals surface area contributed by atoms with Crippen LogP contribution in [0.25, 0.3) is 33.7 Å². The van der Waals surface area contributed by atoms with Crippen molar-refractivity contribution in [2.24, 2.45) is 0 Å². The lowest BCUT2D eigenvalue weighted by atomic mass is 9.97. The van der Waals surface area contributed by atoms with E-state index in [1.54, 1.807) is 40.2 Å². The number of imidazole rings is 1. The summed E-state index contributed by atoms with van der Waals surface area (Å²) in [5.74, 6) is 0.382. The number of methoxy groups -OCH3 is 2. The Balaban J connectivity index is 0.000000211. The molecule has 2 aromatic carbocycles. The van der Waals surface area contributed by atoms with Crippen LogP contribution in [0.4, 0.5) is 31.1 Å². The average Bonchev–Trinajstić information content (AvgIpc) is 4.01. The van der Waals surface area contributed by atoms with E-state index in [1.807, 2.05) is 31.7 Å². The van der Waals surface area contributed by atoms with Crippen molar-refractivity contribution in [1.29, 1.82) is 0 Å². The first kappa shape index (κ1) is 55.2. The zero-order valence-electron chi connectivity index (χ0n) is 38.2. The number of ether oxygens (including phenoxy) is 3. The van der Waals surface area contributed by atoms with Crippen molar-refractivity contribution in [1.82, 2.24) is 34.3 Å². The highest BCUT2D eigenvalue weighted by molar-refractivity contribution is 9.11. The molecule has 12 nitrogen and oxygen atoms in total. The Morgan fingerprint density at radius 2 is 1.21 bits per heavy atom. The smallest absolute Gasteiger partial charge is 0.446 e. The Kier molecular flexibility index (Phi) is 17.8. The largest absolute Gasteiger partial charge is 0.494 e. The van der Waals surface area contributed by atoms with Crippen LogP contribution >= 0.6 is 101 Å². The molecule has 0 unspecified atom stereocenters. The van der Waals surface area contributed by atoms with Gasteiger partial charge >= 0.3 is 17.1 Å². The summed E-state index contributed by atoms with van der Waals surface area (Å²) < 4.78 is 97.6. The second-order valence-electron chi connectivity index (χ2n) is 17.0. The van der Waals surface area contributed by atoms with Gasteiger partial charge in [0.05, 0.1) is 49.3 Å². The van der Waals surface area contributed by atoms with Crippen LogP contribution in [-0.2, 0) is 16.1 Å². The van der Waals surface area contributed by atoms with Gasteiger partial charge in [0, 0.05) is 55.3 Å². The van der Waals surface area contributed by atoms with Crippen molar-refractivity contribution >= 4 is 124 Å². The molecule has 0 spiro atoms. The van der Waals surface area contributed by atoms with E-state index in [0.29, 0.717) is 97.6 Å². The van der Waals surface area contributed by atoms with Crippen molar-refractivity contribution in [3.05, 3.63) is 76.6 Å². The molecule has 0 radical (unpaired) electrons. The molecule has 382 valence electrons. The van der Waals surface area contributed by atoms with E-state index in [1.165, 1.54) is 49.0 Å². The van der Waals surface area contributed by atoms with Crippen LogP contribution in [-0.4, -0.2) is 103 Å². The number of thiazole rings is 2. The summed E-state index contributed by atoms with van der Waals surface area (Å²) in [5, 5.41) is 1.61. The highest BCUT2D eigenvalue weighted by Crippen LogP contribution is 2.50. The maximum absolute atomic E-state index is 13.1. The normalized spacial score (nSPS) is 15.2. The Bertz CT molecular complexity index is 2880. The number of thioether (sulfide) groups is 2. The number of pyridine rings is 1. The molecule has 2 amide bonds. The van der Waals surface area contributed by atoms with Gasteiger partial charge in [-0.05, 0) is 138 Å². The molecule has 0 N–H and O–H groups in total. The molecular formula is C45H43Br2Cl2F6N7O5S4. The molecule has 2 fully saturated rings. The minimum atomic E-state index is -4.48. The average molecular weight is 1230 g/mol. The van der Waals surface area contributed by atoms with Crippen LogP contribution in [0.15, 0.2) is 67.7 Å². The molecule has 2 aliphatic heterocycles. The number of carbonyl (C=O) groups is 2. The van der Waals surface area contributed by atoms with Gasteiger partial charge in [-0.25, -0.2) is 24.7 Å². The van der Waals surface area contributed by atoms with E-state index in [0.717, 1.165) is 15.5 Å². The third-order valence-electron chi connectivity index (χ3n) is 11.0. The Morgan fingerprint density at radius 3 is 1.65 bits per heavy atom.